The third-order valence-electron chi connectivity index (χ3n) is 2.84. The van der Waals surface area contributed by atoms with Crippen LogP contribution in [0.5, 0.6) is 17.2 Å². The highest BCUT2D eigenvalue weighted by atomic mass is 19.1. The maximum absolute atomic E-state index is 13.2. The van der Waals surface area contributed by atoms with Crippen LogP contribution < -0.4 is 14.2 Å². The number of carbonyl (C=O) groups excluding carboxylic acids is 1. The van der Waals surface area contributed by atoms with Crippen molar-refractivity contribution < 1.29 is 28.3 Å². The molecule has 2 aromatic carbocycles. The molecule has 126 valence electrons. The van der Waals surface area contributed by atoms with E-state index in [0.29, 0.717) is 18.1 Å². The van der Waals surface area contributed by atoms with Gasteiger partial charge >= 0.3 is 11.7 Å². The molecule has 2 aromatic rings. The fourth-order valence-corrected chi connectivity index (χ4v) is 1.85. The summed E-state index contributed by atoms with van der Waals surface area (Å²) < 4.78 is 28.6. The van der Waals surface area contributed by atoms with Crippen LogP contribution in [-0.2, 0) is 4.79 Å². The highest BCUT2D eigenvalue weighted by molar-refractivity contribution is 5.75. The number of hydrogen-bond donors (Lipinski definition) is 0. The number of para-hydroxylation sites is 2. The molecule has 0 aromatic heterocycles. The third kappa shape index (κ3) is 4.42. The Morgan fingerprint density at radius 3 is 2.42 bits per heavy atom. The zero-order valence-electron chi connectivity index (χ0n) is 12.7. The van der Waals surface area contributed by atoms with Gasteiger partial charge in [-0.05, 0) is 25.1 Å². The van der Waals surface area contributed by atoms with Gasteiger partial charge in [-0.25, -0.2) is 9.18 Å². The van der Waals surface area contributed by atoms with E-state index in [1.54, 1.807) is 31.2 Å². The van der Waals surface area contributed by atoms with Gasteiger partial charge in [0.1, 0.15) is 5.82 Å². The van der Waals surface area contributed by atoms with Crippen LogP contribution in [0.4, 0.5) is 10.1 Å². The predicted octanol–water partition coefficient (Wildman–Crippen LogP) is 3.12. The lowest BCUT2D eigenvalue weighted by molar-refractivity contribution is -0.385. The predicted molar refractivity (Wildman–Crippen MR) is 81.8 cm³/mol. The van der Waals surface area contributed by atoms with Crippen molar-refractivity contribution in [3.05, 3.63) is 58.4 Å². The molecule has 0 unspecified atom stereocenters. The Labute approximate surface area is 136 Å². The van der Waals surface area contributed by atoms with E-state index in [4.69, 9.17) is 14.2 Å². The van der Waals surface area contributed by atoms with Gasteiger partial charge in [-0.15, -0.1) is 0 Å². The number of halogens is 1. The molecule has 0 atom stereocenters. The third-order valence-corrected chi connectivity index (χ3v) is 2.84. The summed E-state index contributed by atoms with van der Waals surface area (Å²) in [6.45, 7) is 1.70. The summed E-state index contributed by atoms with van der Waals surface area (Å²) in [5.74, 6) is -1.37. The fourth-order valence-electron chi connectivity index (χ4n) is 1.85. The molecule has 0 aliphatic heterocycles. The van der Waals surface area contributed by atoms with Crippen molar-refractivity contribution in [1.29, 1.82) is 0 Å². The summed E-state index contributed by atoms with van der Waals surface area (Å²) >= 11 is 0. The number of benzene rings is 2. The average Bonchev–Trinajstić information content (AvgIpc) is 2.54. The number of carbonyl (C=O) groups is 1. The van der Waals surface area contributed by atoms with E-state index in [9.17, 15) is 19.3 Å². The van der Waals surface area contributed by atoms with E-state index in [1.807, 2.05) is 0 Å². The zero-order chi connectivity index (χ0) is 17.5. The Hall–Kier alpha value is -3.16. The van der Waals surface area contributed by atoms with Crippen molar-refractivity contribution in [2.45, 2.75) is 6.92 Å². The largest absolute Gasteiger partial charge is 0.490 e. The average molecular weight is 335 g/mol. The van der Waals surface area contributed by atoms with Crippen molar-refractivity contribution in [3.63, 3.8) is 0 Å². The Balaban J connectivity index is 2.05. The number of ether oxygens (including phenoxy) is 3. The van der Waals surface area contributed by atoms with Gasteiger partial charge in [0.05, 0.1) is 11.5 Å². The standard InChI is InChI=1S/C16H14FNO6/c1-2-22-13-5-3-4-6-14(13)23-10-16(19)24-15-9-11(17)7-8-12(15)18(20)21/h3-9H,2,10H2,1H3. The van der Waals surface area contributed by atoms with Gasteiger partial charge in [-0.3, -0.25) is 10.1 Å². The van der Waals surface area contributed by atoms with Gasteiger partial charge in [-0.2, -0.15) is 0 Å². The van der Waals surface area contributed by atoms with E-state index in [1.165, 1.54) is 0 Å². The van der Waals surface area contributed by atoms with Crippen LogP contribution in [0.15, 0.2) is 42.5 Å². The monoisotopic (exact) mass is 335 g/mol. The zero-order valence-corrected chi connectivity index (χ0v) is 12.7. The minimum atomic E-state index is -0.907. The van der Waals surface area contributed by atoms with Gasteiger partial charge in [-0.1, -0.05) is 12.1 Å². The molecular weight excluding hydrogens is 321 g/mol. The number of nitrogens with zero attached hydrogens (tertiary/aromatic N) is 1. The molecule has 7 nitrogen and oxygen atoms in total. The molecule has 0 radical (unpaired) electrons. The van der Waals surface area contributed by atoms with Gasteiger partial charge in [0, 0.05) is 12.1 Å². The van der Waals surface area contributed by atoms with E-state index >= 15 is 0 Å². The minimum absolute atomic E-state index is 0.324. The second-order valence-corrected chi connectivity index (χ2v) is 4.51. The fraction of sp³-hybridized carbons (Fsp3) is 0.188. The van der Waals surface area contributed by atoms with Gasteiger partial charge in [0.2, 0.25) is 5.75 Å². The summed E-state index contributed by atoms with van der Waals surface area (Å²) in [4.78, 5) is 21.9. The Bertz CT molecular complexity index is 749. The number of hydrogen-bond acceptors (Lipinski definition) is 6. The van der Waals surface area contributed by atoms with Gasteiger partial charge in [0.15, 0.2) is 18.1 Å². The Kier molecular flexibility index (Phi) is 5.67. The van der Waals surface area contributed by atoms with Crippen LogP contribution in [0, 0.1) is 15.9 Å². The van der Waals surface area contributed by atoms with E-state index in [-0.39, 0.29) is 0 Å². The smallest absolute Gasteiger partial charge is 0.349 e. The number of esters is 1. The molecule has 0 spiro atoms. The second-order valence-electron chi connectivity index (χ2n) is 4.51. The Morgan fingerprint density at radius 2 is 1.79 bits per heavy atom. The van der Waals surface area contributed by atoms with E-state index in [0.717, 1.165) is 18.2 Å². The van der Waals surface area contributed by atoms with Gasteiger partial charge < -0.3 is 14.2 Å². The molecule has 0 aliphatic carbocycles. The first-order chi connectivity index (χ1) is 11.5. The molecule has 0 aliphatic rings. The summed E-state index contributed by atoms with van der Waals surface area (Å²) in [7, 11) is 0. The van der Waals surface area contributed by atoms with Crippen molar-refractivity contribution in [3.8, 4) is 17.2 Å². The maximum Gasteiger partial charge on any atom is 0.349 e. The summed E-state index contributed by atoms with van der Waals surface area (Å²) in [6, 6.07) is 9.30. The van der Waals surface area contributed by atoms with Crippen LogP contribution in [-0.4, -0.2) is 24.1 Å². The van der Waals surface area contributed by atoms with Crippen LogP contribution >= 0.6 is 0 Å². The first-order valence-corrected chi connectivity index (χ1v) is 7.00. The molecule has 2 rings (SSSR count). The molecule has 24 heavy (non-hydrogen) atoms. The minimum Gasteiger partial charge on any atom is -0.490 e. The molecule has 0 saturated heterocycles. The summed E-state index contributed by atoms with van der Waals surface area (Å²) in [6.07, 6.45) is 0. The van der Waals surface area contributed by atoms with Crippen LogP contribution in [0.2, 0.25) is 0 Å². The molecular formula is C16H14FNO6. The van der Waals surface area contributed by atoms with Crippen LogP contribution in [0.1, 0.15) is 6.92 Å². The first kappa shape index (κ1) is 17.2. The highest BCUT2D eigenvalue weighted by Gasteiger charge is 2.19. The molecule has 0 heterocycles. The summed E-state index contributed by atoms with van der Waals surface area (Å²) in [5.41, 5.74) is -0.514. The summed E-state index contributed by atoms with van der Waals surface area (Å²) in [5, 5.41) is 10.9. The van der Waals surface area contributed by atoms with Crippen molar-refractivity contribution in [2.24, 2.45) is 0 Å². The molecule has 0 fully saturated rings. The quantitative estimate of drug-likeness (QED) is 0.334. The molecule has 0 saturated carbocycles. The van der Waals surface area contributed by atoms with Crippen LogP contribution in [0.25, 0.3) is 0 Å². The lowest BCUT2D eigenvalue weighted by Crippen LogP contribution is -2.18. The first-order valence-electron chi connectivity index (χ1n) is 7.00. The Morgan fingerprint density at radius 1 is 1.12 bits per heavy atom. The topological polar surface area (TPSA) is 87.9 Å². The number of rotatable bonds is 7. The molecule has 0 amide bonds. The van der Waals surface area contributed by atoms with Crippen molar-refractivity contribution in [1.82, 2.24) is 0 Å². The number of nitro benzene ring substituents is 1. The molecule has 8 heteroatoms. The van der Waals surface area contributed by atoms with E-state index in [2.05, 4.69) is 0 Å². The lowest BCUT2D eigenvalue weighted by atomic mass is 10.3. The maximum atomic E-state index is 13.2. The molecule has 0 bridgehead atoms. The van der Waals surface area contributed by atoms with Gasteiger partial charge in [0.25, 0.3) is 0 Å². The highest BCUT2D eigenvalue weighted by Crippen LogP contribution is 2.28. The number of nitro groups is 1. The van der Waals surface area contributed by atoms with Crippen molar-refractivity contribution in [2.75, 3.05) is 13.2 Å². The SMILES string of the molecule is CCOc1ccccc1OCC(=O)Oc1cc(F)ccc1[N+](=O)[O-]. The van der Waals surface area contributed by atoms with E-state index < -0.39 is 34.8 Å². The van der Waals surface area contributed by atoms with Crippen molar-refractivity contribution >= 4 is 11.7 Å². The second kappa shape index (κ2) is 7.91. The molecule has 0 N–H and O–H groups in total. The lowest BCUT2D eigenvalue weighted by Gasteiger charge is -2.11. The normalized spacial score (nSPS) is 10.1. The van der Waals surface area contributed by atoms with Crippen LogP contribution in [0.3, 0.4) is 0 Å².